The number of urea groups is 1. The van der Waals surface area contributed by atoms with E-state index in [-0.39, 0.29) is 49.4 Å². The number of fused-ring (bicyclic) bond motifs is 1. The Hall–Kier alpha value is -3.26. The van der Waals surface area contributed by atoms with Gasteiger partial charge < -0.3 is 66.8 Å². The molecule has 4 rings (SSSR count). The van der Waals surface area contributed by atoms with Crippen LogP contribution < -0.4 is 37.9 Å². The molecule has 0 aliphatic carbocycles. The molecule has 3 saturated heterocycles. The van der Waals surface area contributed by atoms with Crippen LogP contribution in [0.4, 0.5) is 10.7 Å². The van der Waals surface area contributed by atoms with Crippen LogP contribution in [0.2, 0.25) is 0 Å². The lowest BCUT2D eigenvalue weighted by atomic mass is 10.0. The number of nitrogens with one attached hydrogen (secondary N) is 5. The van der Waals surface area contributed by atoms with Crippen LogP contribution in [0.25, 0.3) is 6.20 Å². The number of hydrogen-bond donors (Lipinski definition) is 12. The topological polar surface area (TPSA) is 399 Å². The molecule has 0 spiro atoms. The summed E-state index contributed by atoms with van der Waals surface area (Å²) in [5.74, 6) is -0.369. The van der Waals surface area contributed by atoms with Gasteiger partial charge in [-0.15, -0.1) is 0 Å². The Kier molecular flexibility index (Phi) is 18.3. The zero-order valence-corrected chi connectivity index (χ0v) is 35.3. The van der Waals surface area contributed by atoms with Crippen molar-refractivity contribution in [3.63, 3.8) is 0 Å². The Labute approximate surface area is 346 Å². The van der Waals surface area contributed by atoms with Crippen molar-refractivity contribution in [2.75, 3.05) is 37.7 Å². The summed E-state index contributed by atoms with van der Waals surface area (Å²) in [5, 5.41) is 35.3. The van der Waals surface area contributed by atoms with Gasteiger partial charge in [0, 0.05) is 62.0 Å². The van der Waals surface area contributed by atoms with E-state index < -0.39 is 77.5 Å². The zero-order valence-electron chi connectivity index (χ0n) is 31.8. The highest BCUT2D eigenvalue weighted by molar-refractivity contribution is 8.00. The summed E-state index contributed by atoms with van der Waals surface area (Å²) in [5.41, 5.74) is 4.36. The number of ether oxygens (including phenoxy) is 1. The van der Waals surface area contributed by atoms with Gasteiger partial charge in [0.1, 0.15) is 24.4 Å². The van der Waals surface area contributed by atoms with Crippen LogP contribution in [0.15, 0.2) is 17.1 Å². The summed E-state index contributed by atoms with van der Waals surface area (Å²) in [6.45, 7) is -0.438. The molecule has 2 unspecified atom stereocenters. The number of phosphoric ester groups is 1. The van der Waals surface area contributed by atoms with Gasteiger partial charge in [-0.1, -0.05) is 12.8 Å². The molecule has 0 radical (unpaired) electrons. The van der Waals surface area contributed by atoms with Gasteiger partial charge in [-0.05, 0) is 25.7 Å². The molecule has 30 heteroatoms. The third-order valence-corrected chi connectivity index (χ3v) is 14.4. The number of unbranched alkanes of at least 4 members (excludes halogenated alkanes) is 3. The van der Waals surface area contributed by atoms with Gasteiger partial charge in [0.25, 0.3) is 5.56 Å². The van der Waals surface area contributed by atoms with Crippen LogP contribution in [-0.2, 0) is 46.0 Å². The maximum Gasteiger partial charge on any atom is 0.490 e. The predicted octanol–water partition coefficient (Wildman–Crippen LogP) is -1.56. The first kappa shape index (κ1) is 49.4. The number of thioether (sulfide) groups is 1. The summed E-state index contributed by atoms with van der Waals surface area (Å²) in [6, 6.07) is 0.229. The number of nitrogen functional groups attached to an aromatic ring is 1. The predicted molar refractivity (Wildman–Crippen MR) is 209 cm³/mol. The molecular weight excluding hydrogens is 885 g/mol. The van der Waals surface area contributed by atoms with Gasteiger partial charge in [-0.25, -0.2) is 18.5 Å². The van der Waals surface area contributed by atoms with Gasteiger partial charge >= 0.3 is 29.5 Å². The number of amides is 5. The summed E-state index contributed by atoms with van der Waals surface area (Å²) in [7, 11) is -17.1. The number of anilines is 1. The number of phosphoric acid groups is 3. The van der Waals surface area contributed by atoms with E-state index in [2.05, 4.69) is 44.7 Å². The third-order valence-electron chi connectivity index (χ3n) is 9.11. The zero-order chi connectivity index (χ0) is 44.3. The van der Waals surface area contributed by atoms with Gasteiger partial charge in [0.05, 0.1) is 24.3 Å². The van der Waals surface area contributed by atoms with Crippen molar-refractivity contribution >= 4 is 71.1 Å². The Morgan fingerprint density at radius 2 is 1.58 bits per heavy atom. The van der Waals surface area contributed by atoms with Gasteiger partial charge in [0.2, 0.25) is 23.7 Å². The third kappa shape index (κ3) is 15.9. The molecule has 0 aromatic carbocycles. The van der Waals surface area contributed by atoms with Crippen LogP contribution in [-0.4, -0.2) is 131 Å². The molecule has 3 aliphatic heterocycles. The summed E-state index contributed by atoms with van der Waals surface area (Å²) >= 11 is 1.85. The highest BCUT2D eigenvalue weighted by Gasteiger charge is 2.47. The maximum atomic E-state index is 12.6. The molecule has 3 fully saturated rings. The number of carbonyl (C=O) groups excluding carboxylic acids is 4. The van der Waals surface area contributed by atoms with E-state index in [9.17, 15) is 57.7 Å². The Bertz CT molecular complexity index is 1940. The Morgan fingerprint density at radius 1 is 0.917 bits per heavy atom. The van der Waals surface area contributed by atoms with Gasteiger partial charge in [0.15, 0.2) is 0 Å². The first-order valence-electron chi connectivity index (χ1n) is 18.5. The molecule has 26 nitrogen and oxygen atoms in total. The van der Waals surface area contributed by atoms with Crippen LogP contribution in [0.3, 0.4) is 0 Å². The van der Waals surface area contributed by atoms with E-state index in [1.165, 1.54) is 0 Å². The average Bonchev–Trinajstić information content (AvgIpc) is 3.78. The standard InChI is InChI=1S/C30H49N8O18P3S/c31-29-37-28(44)17(27-26(43)25(42)19(54-27)15-53-58(49,50)56-59(51,52)55-57(46,47)48)14-38(29)13-9-23(41)34-12-11-33-22(40)7-2-1-5-10-32-21(39)8-4-3-6-20-24-18(16-60-20)35-30(45)36-24/h9,13-14,18-20,24-27,42-43H,1-8,10-12,15-16H2,(H,32,39)(H,33,40)(H,34,41)(H,49,50)(H,51,52)(H2,31,37,44)(H2,35,36,45)(H2,46,47,48)/b13-9+/t18-,19+,20-,24-,25+,26+,27-/m0/s1. The van der Waals surface area contributed by atoms with Crippen LogP contribution >= 0.6 is 35.2 Å². The van der Waals surface area contributed by atoms with Gasteiger partial charge in [-0.3, -0.25) is 28.3 Å². The van der Waals surface area contributed by atoms with E-state index >= 15 is 0 Å². The fraction of sp³-hybridized carbons (Fsp3) is 0.667. The molecule has 1 aromatic heterocycles. The van der Waals surface area contributed by atoms with E-state index in [0.717, 1.165) is 54.5 Å². The lowest BCUT2D eigenvalue weighted by Crippen LogP contribution is -2.36. The molecule has 338 valence electrons. The molecular formula is C30H49N8O18P3S. The fourth-order valence-electron chi connectivity index (χ4n) is 6.29. The second kappa shape index (κ2) is 22.2. The average molecular weight is 935 g/mol. The summed E-state index contributed by atoms with van der Waals surface area (Å²) in [4.78, 5) is 101. The first-order chi connectivity index (χ1) is 28.1. The molecule has 5 amide bonds. The SMILES string of the molecule is Nc1nc(=O)c([C@@H]2O[C@H](COP(=O)(O)OP(=O)(O)OP(=O)(O)O)[C@@H](O)[C@H]2O)cn1/C=C/C(=O)NCCNC(=O)CCCCCNC(=O)CCCC[C@@H]1SC[C@@H]2NC(=O)N[C@@H]21. The second-order valence-corrected chi connectivity index (χ2v) is 19.4. The molecule has 13 N–H and O–H groups in total. The number of aliphatic hydroxyl groups excluding tert-OH is 2. The molecule has 0 bridgehead atoms. The molecule has 3 aliphatic rings. The second-order valence-electron chi connectivity index (χ2n) is 13.7. The Balaban J connectivity index is 1.09. The van der Waals surface area contributed by atoms with Crippen molar-refractivity contribution < 1.29 is 80.5 Å². The lowest BCUT2D eigenvalue weighted by Gasteiger charge is -2.19. The molecule has 0 saturated carbocycles. The molecule has 1 aromatic rings. The smallest absolute Gasteiger partial charge is 0.387 e. The minimum absolute atomic E-state index is 0.0168. The van der Waals surface area contributed by atoms with Gasteiger partial charge in [-0.2, -0.15) is 25.4 Å². The largest absolute Gasteiger partial charge is 0.490 e. The number of carbonyl (C=O) groups is 4. The number of hydrogen-bond acceptors (Lipinski definition) is 17. The molecule has 4 heterocycles. The van der Waals surface area contributed by atoms with Crippen molar-refractivity contribution in [1.82, 2.24) is 36.1 Å². The first-order valence-corrected chi connectivity index (χ1v) is 24.1. The van der Waals surface area contributed by atoms with E-state index in [1.54, 1.807) is 0 Å². The lowest BCUT2D eigenvalue weighted by molar-refractivity contribution is -0.122. The summed E-state index contributed by atoms with van der Waals surface area (Å²) < 4.78 is 52.4. The quantitative estimate of drug-likeness (QED) is 0.0241. The van der Waals surface area contributed by atoms with Crippen LogP contribution in [0.5, 0.6) is 0 Å². The monoisotopic (exact) mass is 934 g/mol. The van der Waals surface area contributed by atoms with E-state index in [4.69, 9.17) is 20.3 Å². The maximum absolute atomic E-state index is 12.6. The summed E-state index contributed by atoms with van der Waals surface area (Å²) in [6.07, 6.45) is 1.39. The number of aliphatic hydroxyl groups is 2. The number of nitrogens with two attached hydrogens (primary N) is 1. The van der Waals surface area contributed by atoms with Crippen LogP contribution in [0.1, 0.15) is 63.0 Å². The normalized spacial score (nSPS) is 25.8. The van der Waals surface area contributed by atoms with Crippen molar-refractivity contribution in [2.24, 2.45) is 0 Å². The van der Waals surface area contributed by atoms with E-state index in [1.807, 2.05) is 11.8 Å². The minimum Gasteiger partial charge on any atom is -0.387 e. The molecule has 60 heavy (non-hydrogen) atoms. The number of nitrogens with zero attached hydrogens (tertiary/aromatic N) is 2. The molecule has 9 atom stereocenters. The number of aromatic nitrogens is 2. The van der Waals surface area contributed by atoms with Crippen LogP contribution in [0, 0.1) is 0 Å². The fourth-order valence-corrected chi connectivity index (χ4v) is 10.9. The van der Waals surface area contributed by atoms with Crippen molar-refractivity contribution in [3.05, 3.63) is 28.2 Å². The number of rotatable bonds is 24. The van der Waals surface area contributed by atoms with Crippen molar-refractivity contribution in [1.29, 1.82) is 0 Å². The van der Waals surface area contributed by atoms with Crippen molar-refractivity contribution in [2.45, 2.75) is 93.1 Å². The van der Waals surface area contributed by atoms with Crippen molar-refractivity contribution in [3.8, 4) is 0 Å². The van der Waals surface area contributed by atoms with E-state index in [0.29, 0.717) is 31.1 Å². The highest BCUT2D eigenvalue weighted by Crippen LogP contribution is 2.66. The Morgan fingerprint density at radius 3 is 2.28 bits per heavy atom. The minimum atomic E-state index is -5.83. The highest BCUT2D eigenvalue weighted by atomic mass is 32.2.